The quantitative estimate of drug-likeness (QED) is 0.605. The third-order valence-electron chi connectivity index (χ3n) is 4.76. The summed E-state index contributed by atoms with van der Waals surface area (Å²) in [6.07, 6.45) is 1.78. The molecule has 0 spiro atoms. The van der Waals surface area contributed by atoms with E-state index in [1.165, 1.54) is 7.11 Å². The van der Waals surface area contributed by atoms with Gasteiger partial charge in [-0.25, -0.2) is 9.59 Å². The molecule has 2 aliphatic rings. The van der Waals surface area contributed by atoms with Gasteiger partial charge in [-0.15, -0.1) is 0 Å². The van der Waals surface area contributed by atoms with E-state index < -0.39 is 30.1 Å². The van der Waals surface area contributed by atoms with Gasteiger partial charge in [-0.1, -0.05) is 12.1 Å². The Morgan fingerprint density at radius 1 is 1.23 bits per heavy atom. The van der Waals surface area contributed by atoms with Gasteiger partial charge in [0.15, 0.2) is 0 Å². The largest absolute Gasteiger partial charge is 0.465 e. The number of methoxy groups -OCH3 is 1. The van der Waals surface area contributed by atoms with Crippen molar-refractivity contribution < 1.29 is 28.7 Å². The van der Waals surface area contributed by atoms with Crippen LogP contribution >= 0.6 is 0 Å². The maximum atomic E-state index is 12.4. The van der Waals surface area contributed by atoms with Crippen molar-refractivity contribution >= 4 is 23.9 Å². The van der Waals surface area contributed by atoms with E-state index in [0.29, 0.717) is 11.1 Å². The third kappa shape index (κ3) is 3.40. The van der Waals surface area contributed by atoms with Crippen molar-refractivity contribution in [3.05, 3.63) is 35.4 Å². The van der Waals surface area contributed by atoms with Crippen LogP contribution in [0.3, 0.4) is 0 Å². The second-order valence-corrected chi connectivity index (χ2v) is 6.65. The summed E-state index contributed by atoms with van der Waals surface area (Å²) in [5, 5.41) is 2.68. The number of carbonyl (C=O) groups excluding carboxylic acids is 4. The molecule has 26 heavy (non-hydrogen) atoms. The van der Waals surface area contributed by atoms with Gasteiger partial charge in [-0.05, 0) is 43.4 Å². The number of amides is 3. The molecular formula is C18H20N2O6. The number of carbonyl (C=O) groups is 4. The van der Waals surface area contributed by atoms with Gasteiger partial charge in [0, 0.05) is 0 Å². The fraction of sp³-hybridized carbons (Fsp3) is 0.444. The van der Waals surface area contributed by atoms with Crippen LogP contribution in [0.15, 0.2) is 24.3 Å². The molecule has 1 saturated heterocycles. The third-order valence-corrected chi connectivity index (χ3v) is 4.76. The summed E-state index contributed by atoms with van der Waals surface area (Å²) < 4.78 is 9.74. The van der Waals surface area contributed by atoms with Crippen LogP contribution in [0.25, 0.3) is 0 Å². The zero-order valence-electron chi connectivity index (χ0n) is 14.6. The first-order valence-electron chi connectivity index (χ1n) is 8.32. The van der Waals surface area contributed by atoms with Gasteiger partial charge in [-0.3, -0.25) is 14.5 Å². The highest BCUT2D eigenvalue weighted by molar-refractivity contribution is 6.08. The van der Waals surface area contributed by atoms with Crippen LogP contribution in [-0.2, 0) is 25.7 Å². The first-order valence-corrected chi connectivity index (χ1v) is 8.32. The molecule has 1 unspecified atom stereocenters. The van der Waals surface area contributed by atoms with Crippen LogP contribution in [0.4, 0.5) is 4.79 Å². The van der Waals surface area contributed by atoms with Gasteiger partial charge in [0.1, 0.15) is 18.7 Å². The second kappa shape index (κ2) is 6.78. The number of ether oxygens (including phenoxy) is 2. The van der Waals surface area contributed by atoms with Crippen LogP contribution in [0.1, 0.15) is 35.7 Å². The molecule has 1 N–H and O–H groups in total. The summed E-state index contributed by atoms with van der Waals surface area (Å²) in [6.45, 7) is 1.25. The molecule has 8 heteroatoms. The van der Waals surface area contributed by atoms with E-state index >= 15 is 0 Å². The molecule has 1 aromatic carbocycles. The summed E-state index contributed by atoms with van der Waals surface area (Å²) in [6, 6.07) is 5.83. The van der Waals surface area contributed by atoms with Crippen molar-refractivity contribution in [1.82, 2.24) is 10.2 Å². The molecule has 0 bridgehead atoms. The predicted octanol–water partition coefficient (Wildman–Crippen LogP) is 1.24. The monoisotopic (exact) mass is 360 g/mol. The molecule has 3 amide bonds. The Bertz CT molecular complexity index is 755. The van der Waals surface area contributed by atoms with Gasteiger partial charge in [-0.2, -0.15) is 0 Å². The summed E-state index contributed by atoms with van der Waals surface area (Å²) in [4.78, 5) is 48.7. The molecule has 1 aromatic rings. The Kier molecular flexibility index (Phi) is 4.67. The highest BCUT2D eigenvalue weighted by atomic mass is 16.5. The molecule has 1 saturated carbocycles. The topological polar surface area (TPSA) is 102 Å². The Morgan fingerprint density at radius 2 is 1.88 bits per heavy atom. The zero-order chi connectivity index (χ0) is 18.9. The Labute approximate surface area is 150 Å². The van der Waals surface area contributed by atoms with Crippen LogP contribution in [-0.4, -0.2) is 48.0 Å². The van der Waals surface area contributed by atoms with Crippen molar-refractivity contribution in [3.63, 3.8) is 0 Å². The highest BCUT2D eigenvalue weighted by Gasteiger charge is 2.56. The first kappa shape index (κ1) is 17.9. The molecule has 2 fully saturated rings. The van der Waals surface area contributed by atoms with Gasteiger partial charge >= 0.3 is 18.0 Å². The molecule has 1 aliphatic heterocycles. The number of hydrogen-bond acceptors (Lipinski definition) is 6. The SMILES string of the molecule is COC(=O)c1ccc(COC(=O)CN2C(=O)NC(C)(C3CC3)C2=O)cc1. The molecule has 0 aromatic heterocycles. The van der Waals surface area contributed by atoms with Crippen LogP contribution < -0.4 is 5.32 Å². The maximum absolute atomic E-state index is 12.4. The number of rotatable bonds is 6. The van der Waals surface area contributed by atoms with E-state index in [1.54, 1.807) is 31.2 Å². The molecule has 1 heterocycles. The van der Waals surface area contributed by atoms with Crippen molar-refractivity contribution in [2.24, 2.45) is 5.92 Å². The lowest BCUT2D eigenvalue weighted by Gasteiger charge is -2.20. The normalized spacial score (nSPS) is 22.2. The maximum Gasteiger partial charge on any atom is 0.337 e. The number of imide groups is 1. The number of nitrogens with zero attached hydrogens (tertiary/aromatic N) is 1. The minimum Gasteiger partial charge on any atom is -0.465 e. The number of hydrogen-bond donors (Lipinski definition) is 1. The number of nitrogens with one attached hydrogen (secondary N) is 1. The Balaban J connectivity index is 1.53. The van der Waals surface area contributed by atoms with E-state index in [2.05, 4.69) is 10.1 Å². The lowest BCUT2D eigenvalue weighted by molar-refractivity contribution is -0.148. The molecule has 0 radical (unpaired) electrons. The Hall–Kier alpha value is -2.90. The zero-order valence-corrected chi connectivity index (χ0v) is 14.6. The minimum absolute atomic E-state index is 0.0240. The van der Waals surface area contributed by atoms with E-state index in [4.69, 9.17) is 4.74 Å². The molecule has 8 nitrogen and oxygen atoms in total. The van der Waals surface area contributed by atoms with Crippen LogP contribution in [0.5, 0.6) is 0 Å². The van der Waals surface area contributed by atoms with Gasteiger partial charge in [0.2, 0.25) is 0 Å². The fourth-order valence-corrected chi connectivity index (χ4v) is 2.99. The molecule has 1 atom stereocenters. The highest BCUT2D eigenvalue weighted by Crippen LogP contribution is 2.42. The van der Waals surface area contributed by atoms with Crippen molar-refractivity contribution in [1.29, 1.82) is 0 Å². The van der Waals surface area contributed by atoms with Gasteiger partial charge in [0.25, 0.3) is 5.91 Å². The van der Waals surface area contributed by atoms with E-state index in [0.717, 1.165) is 17.7 Å². The minimum atomic E-state index is -0.916. The van der Waals surface area contributed by atoms with Gasteiger partial charge in [0.05, 0.1) is 12.7 Å². The van der Waals surface area contributed by atoms with Crippen molar-refractivity contribution in [3.8, 4) is 0 Å². The van der Waals surface area contributed by atoms with Crippen LogP contribution in [0.2, 0.25) is 0 Å². The Morgan fingerprint density at radius 3 is 2.46 bits per heavy atom. The molecule has 3 rings (SSSR count). The smallest absolute Gasteiger partial charge is 0.337 e. The summed E-state index contributed by atoms with van der Waals surface area (Å²) in [5.41, 5.74) is 0.147. The lowest BCUT2D eigenvalue weighted by Crippen LogP contribution is -2.46. The van der Waals surface area contributed by atoms with E-state index in [1.807, 2.05) is 0 Å². The van der Waals surface area contributed by atoms with Crippen LogP contribution in [0, 0.1) is 5.92 Å². The van der Waals surface area contributed by atoms with Crippen molar-refractivity contribution in [2.75, 3.05) is 13.7 Å². The fourth-order valence-electron chi connectivity index (χ4n) is 2.99. The standard InChI is InChI=1S/C18H20N2O6/c1-18(13-7-8-13)16(23)20(17(24)19-18)9-14(21)26-10-11-3-5-12(6-4-11)15(22)25-2/h3-6,13H,7-10H2,1-2H3,(H,19,24). The number of urea groups is 1. The number of esters is 2. The van der Waals surface area contributed by atoms with E-state index in [9.17, 15) is 19.2 Å². The second-order valence-electron chi connectivity index (χ2n) is 6.65. The molecule has 138 valence electrons. The summed E-state index contributed by atoms with van der Waals surface area (Å²) in [7, 11) is 1.29. The predicted molar refractivity (Wildman–Crippen MR) is 89.0 cm³/mol. The van der Waals surface area contributed by atoms with E-state index in [-0.39, 0.29) is 18.4 Å². The van der Waals surface area contributed by atoms with Crippen molar-refractivity contribution in [2.45, 2.75) is 31.9 Å². The number of benzene rings is 1. The molecular weight excluding hydrogens is 340 g/mol. The lowest BCUT2D eigenvalue weighted by atomic mass is 9.96. The summed E-state index contributed by atoms with van der Waals surface area (Å²) >= 11 is 0. The average molecular weight is 360 g/mol. The van der Waals surface area contributed by atoms with Gasteiger partial charge < -0.3 is 14.8 Å². The summed E-state index contributed by atoms with van der Waals surface area (Å²) in [5.74, 6) is -1.38. The average Bonchev–Trinajstić information content (AvgIpc) is 3.46. The first-order chi connectivity index (χ1) is 12.3. The molecule has 1 aliphatic carbocycles.